The fourth-order valence-corrected chi connectivity index (χ4v) is 3.49. The molecule has 0 spiro atoms. The van der Waals surface area contributed by atoms with Crippen molar-refractivity contribution in [1.82, 2.24) is 10.6 Å². The third-order valence-electron chi connectivity index (χ3n) is 4.86. The molecular weight excluding hydrogens is 417 g/mol. The lowest BCUT2D eigenvalue weighted by Gasteiger charge is -2.33. The fourth-order valence-electron chi connectivity index (χ4n) is 3.49. The van der Waals surface area contributed by atoms with Crippen LogP contribution in [0.3, 0.4) is 0 Å². The molecule has 1 aromatic carbocycles. The molecule has 2 aliphatic rings. The molecular formula is C18H28IN3O2. The fraction of sp³-hybridized carbons (Fsp3) is 0.611. The Labute approximate surface area is 161 Å². The third kappa shape index (κ3) is 4.75. The second-order valence-corrected chi connectivity index (χ2v) is 6.58. The maximum Gasteiger partial charge on any atom is 0.191 e. The summed E-state index contributed by atoms with van der Waals surface area (Å²) >= 11 is 0. The average molecular weight is 445 g/mol. The number of nitrogens with one attached hydrogen (secondary N) is 2. The molecule has 5 nitrogen and oxygen atoms in total. The number of benzene rings is 1. The third-order valence-corrected chi connectivity index (χ3v) is 4.86. The molecule has 1 heterocycles. The smallest absolute Gasteiger partial charge is 0.191 e. The molecule has 0 bridgehead atoms. The van der Waals surface area contributed by atoms with E-state index in [9.17, 15) is 5.11 Å². The van der Waals surface area contributed by atoms with Crippen molar-refractivity contribution in [3.05, 3.63) is 29.8 Å². The molecule has 1 aliphatic heterocycles. The molecule has 3 rings (SSSR count). The van der Waals surface area contributed by atoms with Crippen LogP contribution in [-0.2, 0) is 0 Å². The Balaban J connectivity index is 0.00000208. The molecule has 24 heavy (non-hydrogen) atoms. The summed E-state index contributed by atoms with van der Waals surface area (Å²) in [5, 5.41) is 17.4. The van der Waals surface area contributed by atoms with Gasteiger partial charge < -0.3 is 20.5 Å². The second-order valence-electron chi connectivity index (χ2n) is 6.58. The highest BCUT2D eigenvalue weighted by Crippen LogP contribution is 2.31. The maximum absolute atomic E-state index is 10.6. The standard InChI is InChI=1S/C18H27N3O2.HI/c1-19-17(20-13-18(22)10-5-2-6-11-18)21-15-9-12-23-16-8-4-3-7-14(15)16;/h3-4,7-8,15,22H,2,5-6,9-13H2,1H3,(H2,19,20,21);1H. The first-order valence-corrected chi connectivity index (χ1v) is 8.61. The minimum atomic E-state index is -0.594. The van der Waals surface area contributed by atoms with Crippen LogP contribution in [0.15, 0.2) is 29.3 Å². The summed E-state index contributed by atoms with van der Waals surface area (Å²) in [7, 11) is 1.77. The SMILES string of the molecule is CN=C(NCC1(O)CCCCC1)NC1CCOc2ccccc21.I. The predicted molar refractivity (Wildman–Crippen MR) is 107 cm³/mol. The van der Waals surface area contributed by atoms with Crippen molar-refractivity contribution in [3.63, 3.8) is 0 Å². The van der Waals surface area contributed by atoms with Gasteiger partial charge in [-0.1, -0.05) is 37.5 Å². The molecule has 134 valence electrons. The summed E-state index contributed by atoms with van der Waals surface area (Å²) in [6.45, 7) is 1.26. The van der Waals surface area contributed by atoms with E-state index in [-0.39, 0.29) is 30.0 Å². The Hall–Kier alpha value is -1.02. The summed E-state index contributed by atoms with van der Waals surface area (Å²) in [4.78, 5) is 4.31. The van der Waals surface area contributed by atoms with E-state index in [1.165, 1.54) is 6.42 Å². The van der Waals surface area contributed by atoms with Gasteiger partial charge in [-0.3, -0.25) is 4.99 Å². The number of hydrogen-bond donors (Lipinski definition) is 3. The molecule has 1 saturated carbocycles. The number of rotatable bonds is 3. The Morgan fingerprint density at radius 2 is 2.04 bits per heavy atom. The monoisotopic (exact) mass is 445 g/mol. The molecule has 0 aromatic heterocycles. The van der Waals surface area contributed by atoms with Crippen molar-refractivity contribution in [3.8, 4) is 5.75 Å². The van der Waals surface area contributed by atoms with Crippen LogP contribution in [0.2, 0.25) is 0 Å². The largest absolute Gasteiger partial charge is 0.493 e. The summed E-state index contributed by atoms with van der Waals surface area (Å²) in [5.41, 5.74) is 0.571. The number of halogens is 1. The van der Waals surface area contributed by atoms with Crippen LogP contribution in [0.4, 0.5) is 0 Å². The highest BCUT2D eigenvalue weighted by molar-refractivity contribution is 14.0. The summed E-state index contributed by atoms with van der Waals surface area (Å²) < 4.78 is 5.70. The van der Waals surface area contributed by atoms with Gasteiger partial charge in [-0.2, -0.15) is 0 Å². The normalized spacial score (nSPS) is 22.6. The van der Waals surface area contributed by atoms with Crippen LogP contribution < -0.4 is 15.4 Å². The molecule has 1 aliphatic carbocycles. The average Bonchev–Trinajstić information content (AvgIpc) is 2.59. The predicted octanol–water partition coefficient (Wildman–Crippen LogP) is 2.99. The van der Waals surface area contributed by atoms with Crippen molar-refractivity contribution in [2.24, 2.45) is 4.99 Å². The first kappa shape index (κ1) is 19.3. The first-order valence-electron chi connectivity index (χ1n) is 8.61. The number of nitrogens with zero attached hydrogens (tertiary/aromatic N) is 1. The van der Waals surface area contributed by atoms with Crippen molar-refractivity contribution in [1.29, 1.82) is 0 Å². The van der Waals surface area contributed by atoms with Crippen LogP contribution in [0.5, 0.6) is 5.75 Å². The van der Waals surface area contributed by atoms with Crippen LogP contribution in [-0.4, -0.2) is 36.9 Å². The summed E-state index contributed by atoms with van der Waals surface area (Å²) in [6.07, 6.45) is 6.10. The van der Waals surface area contributed by atoms with E-state index in [2.05, 4.69) is 21.7 Å². The minimum absolute atomic E-state index is 0. The number of aliphatic hydroxyl groups is 1. The number of ether oxygens (including phenoxy) is 1. The van der Waals surface area contributed by atoms with Gasteiger partial charge in [0, 0.05) is 25.6 Å². The second kappa shape index (κ2) is 8.89. The van der Waals surface area contributed by atoms with Gasteiger partial charge in [0.1, 0.15) is 5.75 Å². The maximum atomic E-state index is 10.6. The Bertz CT molecular complexity index is 559. The summed E-state index contributed by atoms with van der Waals surface area (Å²) in [5.74, 6) is 1.68. The van der Waals surface area contributed by atoms with Crippen LogP contribution >= 0.6 is 24.0 Å². The van der Waals surface area contributed by atoms with E-state index in [4.69, 9.17) is 4.74 Å². The van der Waals surface area contributed by atoms with Crippen molar-refractivity contribution >= 4 is 29.9 Å². The molecule has 0 saturated heterocycles. The molecule has 0 radical (unpaired) electrons. The molecule has 1 unspecified atom stereocenters. The lowest BCUT2D eigenvalue weighted by molar-refractivity contribution is 0.00853. The van der Waals surface area contributed by atoms with Gasteiger partial charge in [0.2, 0.25) is 0 Å². The zero-order chi connectivity index (χ0) is 16.1. The van der Waals surface area contributed by atoms with E-state index in [1.54, 1.807) is 7.05 Å². The van der Waals surface area contributed by atoms with Crippen LogP contribution in [0, 0.1) is 0 Å². The van der Waals surface area contributed by atoms with E-state index in [1.807, 2.05) is 18.2 Å². The van der Waals surface area contributed by atoms with Gasteiger partial charge in [0.05, 0.1) is 18.2 Å². The molecule has 6 heteroatoms. The van der Waals surface area contributed by atoms with E-state index < -0.39 is 5.60 Å². The lowest BCUT2D eigenvalue weighted by Crippen LogP contribution is -2.49. The Morgan fingerprint density at radius 3 is 2.79 bits per heavy atom. The lowest BCUT2D eigenvalue weighted by atomic mass is 9.85. The van der Waals surface area contributed by atoms with Gasteiger partial charge in [-0.25, -0.2) is 0 Å². The topological polar surface area (TPSA) is 65.9 Å². The van der Waals surface area contributed by atoms with Gasteiger partial charge >= 0.3 is 0 Å². The van der Waals surface area contributed by atoms with Crippen molar-refractivity contribution in [2.75, 3.05) is 20.2 Å². The number of hydrogen-bond acceptors (Lipinski definition) is 3. The zero-order valence-electron chi connectivity index (χ0n) is 14.3. The number of guanidine groups is 1. The van der Waals surface area contributed by atoms with E-state index >= 15 is 0 Å². The molecule has 1 atom stereocenters. The van der Waals surface area contributed by atoms with E-state index in [0.717, 1.165) is 49.4 Å². The Kier molecular flexibility index (Phi) is 7.16. The van der Waals surface area contributed by atoms with Crippen LogP contribution in [0.1, 0.15) is 50.1 Å². The quantitative estimate of drug-likeness (QED) is 0.380. The Morgan fingerprint density at radius 1 is 1.29 bits per heavy atom. The van der Waals surface area contributed by atoms with Crippen molar-refractivity contribution < 1.29 is 9.84 Å². The molecule has 1 aromatic rings. The number of para-hydroxylation sites is 1. The highest BCUT2D eigenvalue weighted by Gasteiger charge is 2.29. The van der Waals surface area contributed by atoms with Crippen molar-refractivity contribution in [2.45, 2.75) is 50.2 Å². The molecule has 3 N–H and O–H groups in total. The highest BCUT2D eigenvalue weighted by atomic mass is 127. The van der Waals surface area contributed by atoms with Gasteiger partial charge in [-0.05, 0) is 18.9 Å². The number of aliphatic imine (C=N–C) groups is 1. The first-order chi connectivity index (χ1) is 11.2. The van der Waals surface area contributed by atoms with Gasteiger partial charge in [0.25, 0.3) is 0 Å². The number of fused-ring (bicyclic) bond motifs is 1. The van der Waals surface area contributed by atoms with E-state index in [0.29, 0.717) is 13.2 Å². The van der Waals surface area contributed by atoms with Crippen LogP contribution in [0.25, 0.3) is 0 Å². The van der Waals surface area contributed by atoms with Gasteiger partial charge in [-0.15, -0.1) is 24.0 Å². The molecule has 1 fully saturated rings. The minimum Gasteiger partial charge on any atom is -0.493 e. The molecule has 0 amide bonds. The zero-order valence-corrected chi connectivity index (χ0v) is 16.6. The van der Waals surface area contributed by atoms with Gasteiger partial charge in [0.15, 0.2) is 5.96 Å². The summed E-state index contributed by atoms with van der Waals surface area (Å²) in [6, 6.07) is 8.31.